The summed E-state index contributed by atoms with van der Waals surface area (Å²) in [5, 5.41) is 15.2. The Morgan fingerprint density at radius 1 is 1.19 bits per heavy atom. The summed E-state index contributed by atoms with van der Waals surface area (Å²) in [6.07, 6.45) is 5.48. The molecule has 3 aromatic rings. The summed E-state index contributed by atoms with van der Waals surface area (Å²) in [6.45, 7) is 4.26. The Hall–Kier alpha value is -2.58. The zero-order valence-corrected chi connectivity index (χ0v) is 15.3. The van der Waals surface area contributed by atoms with E-state index in [1.807, 2.05) is 24.7 Å². The van der Waals surface area contributed by atoms with Gasteiger partial charge in [0.1, 0.15) is 6.33 Å². The van der Waals surface area contributed by atoms with Gasteiger partial charge in [0, 0.05) is 50.0 Å². The average Bonchev–Trinajstić information content (AvgIpc) is 3.36. The summed E-state index contributed by atoms with van der Waals surface area (Å²) in [4.78, 5) is 6.67. The van der Waals surface area contributed by atoms with Crippen LogP contribution in [0.5, 0.6) is 0 Å². The van der Waals surface area contributed by atoms with Crippen molar-refractivity contribution < 1.29 is 0 Å². The van der Waals surface area contributed by atoms with Crippen LogP contribution in [-0.2, 0) is 7.05 Å². The van der Waals surface area contributed by atoms with Gasteiger partial charge in [0.25, 0.3) is 0 Å². The minimum Gasteiger partial charge on any atom is -0.337 e. The minimum atomic E-state index is 0.221. The molecule has 1 aliphatic heterocycles. The van der Waals surface area contributed by atoms with Crippen molar-refractivity contribution in [3.63, 3.8) is 0 Å². The molecule has 4 rings (SSSR count). The van der Waals surface area contributed by atoms with Crippen LogP contribution in [0.4, 0.5) is 0 Å². The summed E-state index contributed by atoms with van der Waals surface area (Å²) in [7, 11) is 4.24. The first kappa shape index (κ1) is 16.9. The van der Waals surface area contributed by atoms with E-state index in [1.165, 1.54) is 11.3 Å². The van der Waals surface area contributed by atoms with E-state index >= 15 is 0 Å². The number of tetrazole rings is 1. The number of nitrogens with zero attached hydrogens (tertiary/aromatic N) is 7. The van der Waals surface area contributed by atoms with E-state index < -0.39 is 0 Å². The molecular formula is C18H24N8. The summed E-state index contributed by atoms with van der Waals surface area (Å²) in [5.74, 6) is 0.428. The second kappa shape index (κ2) is 6.97. The number of nitrogens with one attached hydrogen (secondary N) is 1. The Kier molecular flexibility index (Phi) is 4.52. The van der Waals surface area contributed by atoms with Gasteiger partial charge in [-0.15, -0.1) is 5.10 Å². The molecule has 8 nitrogen and oxygen atoms in total. The molecule has 8 heteroatoms. The summed E-state index contributed by atoms with van der Waals surface area (Å²) in [6, 6.07) is 8.92. The highest BCUT2D eigenvalue weighted by molar-refractivity contribution is 5.36. The highest BCUT2D eigenvalue weighted by Gasteiger charge is 2.34. The fourth-order valence-corrected chi connectivity index (χ4v) is 3.83. The van der Waals surface area contributed by atoms with Crippen molar-refractivity contribution in [2.75, 3.05) is 20.1 Å². The Morgan fingerprint density at radius 2 is 2.08 bits per heavy atom. The van der Waals surface area contributed by atoms with Crippen LogP contribution in [-0.4, -0.2) is 60.8 Å². The van der Waals surface area contributed by atoms with E-state index in [0.717, 1.165) is 18.8 Å². The second-order valence-corrected chi connectivity index (χ2v) is 7.10. The molecule has 1 aliphatic rings. The lowest BCUT2D eigenvalue weighted by molar-refractivity contribution is 0.387. The molecule has 0 spiro atoms. The fraction of sp³-hybridized carbons (Fsp3) is 0.444. The number of benzene rings is 1. The molecule has 0 aliphatic carbocycles. The van der Waals surface area contributed by atoms with Gasteiger partial charge < -0.3 is 14.8 Å². The summed E-state index contributed by atoms with van der Waals surface area (Å²) in [5.41, 5.74) is 3.46. The van der Waals surface area contributed by atoms with Crippen molar-refractivity contribution in [3.8, 4) is 5.69 Å². The van der Waals surface area contributed by atoms with Crippen LogP contribution in [0.3, 0.4) is 0 Å². The van der Waals surface area contributed by atoms with Crippen molar-refractivity contribution in [1.29, 1.82) is 0 Å². The number of likely N-dealkylation sites (tertiary alicyclic amines) is 1. The van der Waals surface area contributed by atoms with Gasteiger partial charge in [-0.2, -0.15) is 0 Å². The minimum absolute atomic E-state index is 0.221. The smallest absolute Gasteiger partial charge is 0.143 e. The van der Waals surface area contributed by atoms with Crippen molar-refractivity contribution in [1.82, 2.24) is 40.0 Å². The second-order valence-electron chi connectivity index (χ2n) is 7.10. The lowest BCUT2D eigenvalue weighted by Crippen LogP contribution is -2.37. The molecule has 1 aromatic carbocycles. The molecule has 3 heterocycles. The van der Waals surface area contributed by atoms with E-state index in [1.54, 1.807) is 11.0 Å². The maximum Gasteiger partial charge on any atom is 0.143 e. The zero-order valence-electron chi connectivity index (χ0n) is 15.3. The average molecular weight is 352 g/mol. The first-order valence-corrected chi connectivity index (χ1v) is 8.86. The Bertz CT molecular complexity index is 856. The normalized spacial score (nSPS) is 22.0. The molecule has 1 saturated heterocycles. The number of imidazole rings is 1. The maximum atomic E-state index is 4.30. The largest absolute Gasteiger partial charge is 0.337 e. The quantitative estimate of drug-likeness (QED) is 0.742. The van der Waals surface area contributed by atoms with Crippen LogP contribution in [0, 0.1) is 0 Å². The van der Waals surface area contributed by atoms with Crippen LogP contribution in [0.1, 0.15) is 30.1 Å². The molecule has 1 N–H and O–H groups in total. The maximum absolute atomic E-state index is 4.30. The van der Waals surface area contributed by atoms with E-state index in [4.69, 9.17) is 0 Å². The van der Waals surface area contributed by atoms with Gasteiger partial charge in [-0.05, 0) is 42.1 Å². The fourth-order valence-electron chi connectivity index (χ4n) is 3.83. The SMILES string of the molecule is CC(N[C@@H]1CN(C)C[C@H]1c1cncn1C)c1cccc(-n2cnnn2)c1. The monoisotopic (exact) mass is 352 g/mol. The molecule has 2 aromatic heterocycles. The molecule has 0 bridgehead atoms. The first-order chi connectivity index (χ1) is 12.6. The number of aromatic nitrogens is 6. The Labute approximate surface area is 152 Å². The Morgan fingerprint density at radius 3 is 2.81 bits per heavy atom. The van der Waals surface area contributed by atoms with Crippen molar-refractivity contribution in [3.05, 3.63) is 54.4 Å². The lowest BCUT2D eigenvalue weighted by Gasteiger charge is -2.25. The third-order valence-corrected chi connectivity index (χ3v) is 5.18. The lowest BCUT2D eigenvalue weighted by atomic mass is 9.98. The summed E-state index contributed by atoms with van der Waals surface area (Å²) >= 11 is 0. The van der Waals surface area contributed by atoms with Gasteiger partial charge in [0.05, 0.1) is 12.0 Å². The molecule has 0 radical (unpaired) electrons. The number of likely N-dealkylation sites (N-methyl/N-ethyl adjacent to an activating group) is 1. The molecular weight excluding hydrogens is 328 g/mol. The Balaban J connectivity index is 1.53. The highest BCUT2D eigenvalue weighted by Crippen LogP contribution is 2.28. The van der Waals surface area contributed by atoms with Crippen molar-refractivity contribution in [2.45, 2.75) is 24.9 Å². The van der Waals surface area contributed by atoms with Gasteiger partial charge >= 0.3 is 0 Å². The molecule has 136 valence electrons. The predicted octanol–water partition coefficient (Wildman–Crippen LogP) is 1.14. The van der Waals surface area contributed by atoms with Crippen molar-refractivity contribution >= 4 is 0 Å². The van der Waals surface area contributed by atoms with E-state index in [9.17, 15) is 0 Å². The molecule has 0 amide bonds. The topological polar surface area (TPSA) is 76.7 Å². The van der Waals surface area contributed by atoms with Crippen LogP contribution in [0.25, 0.3) is 5.69 Å². The number of hydrogen-bond donors (Lipinski definition) is 1. The number of hydrogen-bond acceptors (Lipinski definition) is 6. The van der Waals surface area contributed by atoms with Crippen LogP contribution < -0.4 is 5.32 Å². The molecule has 26 heavy (non-hydrogen) atoms. The molecule has 0 saturated carbocycles. The van der Waals surface area contributed by atoms with E-state index in [0.29, 0.717) is 12.0 Å². The number of aryl methyl sites for hydroxylation is 1. The first-order valence-electron chi connectivity index (χ1n) is 8.86. The van der Waals surface area contributed by atoms with Crippen LogP contribution in [0.2, 0.25) is 0 Å². The van der Waals surface area contributed by atoms with E-state index in [2.05, 4.69) is 68.4 Å². The van der Waals surface area contributed by atoms with E-state index in [-0.39, 0.29) is 6.04 Å². The molecule has 1 fully saturated rings. The van der Waals surface area contributed by atoms with Gasteiger partial charge in [0.15, 0.2) is 0 Å². The number of rotatable bonds is 5. The standard InChI is InChI=1S/C18H24N8/c1-13(14-5-4-6-15(7-14)26-12-20-22-23-26)21-17-10-24(2)9-16(17)18-8-19-11-25(18)3/h4-8,11-13,16-17,21H,9-10H2,1-3H3/t13?,16-,17-/m1/s1. The zero-order chi connectivity index (χ0) is 18.1. The third kappa shape index (κ3) is 3.25. The van der Waals surface area contributed by atoms with Crippen LogP contribution >= 0.6 is 0 Å². The summed E-state index contributed by atoms with van der Waals surface area (Å²) < 4.78 is 3.81. The van der Waals surface area contributed by atoms with Gasteiger partial charge in [0.2, 0.25) is 0 Å². The predicted molar refractivity (Wildman–Crippen MR) is 97.9 cm³/mol. The van der Waals surface area contributed by atoms with Gasteiger partial charge in [-0.3, -0.25) is 0 Å². The van der Waals surface area contributed by atoms with Crippen molar-refractivity contribution in [2.24, 2.45) is 7.05 Å². The molecule has 1 unspecified atom stereocenters. The van der Waals surface area contributed by atoms with Crippen LogP contribution in [0.15, 0.2) is 43.1 Å². The highest BCUT2D eigenvalue weighted by atomic mass is 15.5. The molecule has 3 atom stereocenters. The van der Waals surface area contributed by atoms with Gasteiger partial charge in [-0.25, -0.2) is 9.67 Å². The van der Waals surface area contributed by atoms with Gasteiger partial charge in [-0.1, -0.05) is 12.1 Å². The third-order valence-electron chi connectivity index (χ3n) is 5.18.